The topological polar surface area (TPSA) is 237 Å². The Balaban J connectivity index is 5.50. The summed E-state index contributed by atoms with van der Waals surface area (Å²) in [5, 5.41) is 10.6. The van der Waals surface area contributed by atoms with Gasteiger partial charge >= 0.3 is 39.5 Å². The van der Waals surface area contributed by atoms with Crippen LogP contribution in [0, 0.1) is 0 Å². The van der Waals surface area contributed by atoms with Gasteiger partial charge in [0.2, 0.25) is 0 Å². The largest absolute Gasteiger partial charge is 0.472 e. The third kappa shape index (κ3) is 77.1. The van der Waals surface area contributed by atoms with Crippen LogP contribution in [0.3, 0.4) is 0 Å². The number of allylic oxidation sites excluding steroid dienone is 24. The highest BCUT2D eigenvalue weighted by molar-refractivity contribution is 7.47. The molecule has 3 N–H and O–H groups in total. The Morgan fingerprint density at radius 2 is 0.519 bits per heavy atom. The maximum Gasteiger partial charge on any atom is 0.472 e. The number of hydrogen-bond donors (Lipinski definition) is 3. The zero-order chi connectivity index (χ0) is 77.4. The molecule has 0 rings (SSSR count). The molecule has 0 aromatic carbocycles. The molecule has 0 amide bonds. The van der Waals surface area contributed by atoms with Crippen molar-refractivity contribution in [2.75, 3.05) is 39.6 Å². The fourth-order valence-corrected chi connectivity index (χ4v) is 12.1. The lowest BCUT2D eigenvalue weighted by Gasteiger charge is -2.21. The Labute approximate surface area is 643 Å². The van der Waals surface area contributed by atoms with Crippen LogP contribution in [0.15, 0.2) is 146 Å². The highest BCUT2D eigenvalue weighted by Crippen LogP contribution is 2.45. The van der Waals surface area contributed by atoms with E-state index in [-0.39, 0.29) is 25.7 Å². The van der Waals surface area contributed by atoms with E-state index in [2.05, 4.69) is 143 Å². The number of phosphoric acid groups is 2. The first-order valence-corrected chi connectivity index (χ1v) is 44.1. The van der Waals surface area contributed by atoms with Crippen LogP contribution in [0.25, 0.3) is 0 Å². The van der Waals surface area contributed by atoms with Crippen LogP contribution in [0.1, 0.15) is 323 Å². The number of aliphatic hydroxyl groups excluding tert-OH is 1. The van der Waals surface area contributed by atoms with Gasteiger partial charge in [0, 0.05) is 25.7 Å². The summed E-state index contributed by atoms with van der Waals surface area (Å²) >= 11 is 0. The SMILES string of the molecule is CCC=CCC=CCC=CCC=CCC=CCC=CCCC(=O)OCC(COP(=O)(O)OCC(O)COP(=O)(O)OCC(COC(=O)CCCCCCCC=CCC=CCCCCC)OC(=O)CCCCCCCCCC=CCCCCCC)OC(=O)CCCC=CCC=CCC=CCCCCCCCC. The van der Waals surface area contributed by atoms with Crippen LogP contribution >= 0.6 is 15.6 Å². The molecule has 0 aromatic rings. The number of carbonyl (C=O) groups is 4. The molecule has 0 spiro atoms. The molecule has 0 radical (unpaired) electrons. The third-order valence-corrected chi connectivity index (χ3v) is 18.7. The molecule has 106 heavy (non-hydrogen) atoms. The van der Waals surface area contributed by atoms with Gasteiger partial charge in [0.15, 0.2) is 12.2 Å². The number of ether oxygens (including phenoxy) is 4. The van der Waals surface area contributed by atoms with E-state index in [0.29, 0.717) is 38.5 Å². The van der Waals surface area contributed by atoms with Crippen LogP contribution in [-0.2, 0) is 65.4 Å². The van der Waals surface area contributed by atoms with Crippen molar-refractivity contribution in [1.82, 2.24) is 0 Å². The summed E-state index contributed by atoms with van der Waals surface area (Å²) in [6.45, 7) is 4.57. The van der Waals surface area contributed by atoms with Gasteiger partial charge in [-0.15, -0.1) is 0 Å². The molecule has 0 heterocycles. The second kappa shape index (κ2) is 78.1. The minimum atomic E-state index is -5.01. The lowest BCUT2D eigenvalue weighted by molar-refractivity contribution is -0.161. The van der Waals surface area contributed by atoms with Crippen molar-refractivity contribution >= 4 is 39.5 Å². The summed E-state index contributed by atoms with van der Waals surface area (Å²) in [5.74, 6) is -2.35. The lowest BCUT2D eigenvalue weighted by atomic mass is 10.1. The molecule has 0 aliphatic carbocycles. The van der Waals surface area contributed by atoms with Crippen LogP contribution in [0.4, 0.5) is 0 Å². The summed E-state index contributed by atoms with van der Waals surface area (Å²) in [7, 11) is -10.0. The minimum Gasteiger partial charge on any atom is -0.462 e. The van der Waals surface area contributed by atoms with Gasteiger partial charge in [-0.2, -0.15) is 0 Å². The van der Waals surface area contributed by atoms with Crippen molar-refractivity contribution in [2.45, 2.75) is 341 Å². The van der Waals surface area contributed by atoms with Crippen LogP contribution < -0.4 is 0 Å². The smallest absolute Gasteiger partial charge is 0.462 e. The van der Waals surface area contributed by atoms with Crippen molar-refractivity contribution in [1.29, 1.82) is 0 Å². The van der Waals surface area contributed by atoms with Crippen molar-refractivity contribution in [3.63, 3.8) is 0 Å². The average molecular weight is 1530 g/mol. The van der Waals surface area contributed by atoms with Crippen molar-refractivity contribution in [2.24, 2.45) is 0 Å². The maximum absolute atomic E-state index is 13.1. The zero-order valence-corrected chi connectivity index (χ0v) is 68.1. The predicted molar refractivity (Wildman–Crippen MR) is 436 cm³/mol. The van der Waals surface area contributed by atoms with E-state index >= 15 is 0 Å². The summed E-state index contributed by atoms with van der Waals surface area (Å²) in [6.07, 6.45) is 89.8. The molecule has 0 bridgehead atoms. The van der Waals surface area contributed by atoms with Gasteiger partial charge in [-0.3, -0.25) is 37.3 Å². The minimum absolute atomic E-state index is 0.00338. The van der Waals surface area contributed by atoms with Gasteiger partial charge in [0.05, 0.1) is 26.4 Å². The van der Waals surface area contributed by atoms with Gasteiger partial charge < -0.3 is 33.8 Å². The number of phosphoric ester groups is 2. The fraction of sp³-hybridized carbons (Fsp3) is 0.678. The Bertz CT molecular complexity index is 2580. The number of esters is 4. The first kappa shape index (κ1) is 101. The Morgan fingerprint density at radius 3 is 0.887 bits per heavy atom. The van der Waals surface area contributed by atoms with Crippen molar-refractivity contribution < 1.29 is 80.2 Å². The lowest BCUT2D eigenvalue weighted by Crippen LogP contribution is -2.30. The summed E-state index contributed by atoms with van der Waals surface area (Å²) in [5.41, 5.74) is 0. The second-order valence-corrected chi connectivity index (χ2v) is 29.9. The normalized spacial score (nSPS) is 14.6. The van der Waals surface area contributed by atoms with Crippen LogP contribution in [-0.4, -0.2) is 96.7 Å². The van der Waals surface area contributed by atoms with E-state index < -0.39 is 97.5 Å². The molecular weight excluding hydrogens is 1380 g/mol. The zero-order valence-electron chi connectivity index (χ0n) is 66.3. The predicted octanol–water partition coefficient (Wildman–Crippen LogP) is 24.2. The van der Waals surface area contributed by atoms with Gasteiger partial charge in [-0.25, -0.2) is 9.13 Å². The molecule has 0 aliphatic rings. The fourth-order valence-electron chi connectivity index (χ4n) is 10.5. The molecule has 19 heteroatoms. The van der Waals surface area contributed by atoms with Crippen molar-refractivity contribution in [3.8, 4) is 0 Å². The molecule has 606 valence electrons. The molecule has 0 saturated heterocycles. The Kier molecular flexibility index (Phi) is 74.3. The van der Waals surface area contributed by atoms with Crippen molar-refractivity contribution in [3.05, 3.63) is 146 Å². The molecular formula is C87H146O17P2. The summed E-state index contributed by atoms with van der Waals surface area (Å²) < 4.78 is 68.5. The highest BCUT2D eigenvalue weighted by Gasteiger charge is 2.30. The first-order chi connectivity index (χ1) is 51.7. The van der Waals surface area contributed by atoms with E-state index in [1.54, 1.807) is 0 Å². The van der Waals surface area contributed by atoms with Gasteiger partial charge in [-0.05, 0) is 154 Å². The molecule has 5 unspecified atom stereocenters. The number of rotatable bonds is 76. The molecule has 0 fully saturated rings. The standard InChI is InChI=1S/C87H146O17P2/c1-5-9-13-17-21-25-29-33-37-39-40-42-45-48-52-56-60-64-68-72-85(90)98-78-83(104-87(92)74-70-66-62-58-54-50-46-41-38-34-30-26-22-18-14-10-6-2)80-102-106(95,96)100-76-81(88)75-99-105(93,94)101-79-82(103-86(91)73-69-65-61-57-53-49-44-36-32-28-24-20-16-12-8-4)77-97-84(89)71-67-63-59-55-51-47-43-35-31-27-23-19-15-11-7-3/h9,13,21,23,25,27-28,32-35,37-38,40,42-43,46,48,50,52,58,60,62,64,81-83,88H,5-8,10-12,14-20,22,24,26,29-31,36,39,41,44-45,47,49,51,53-57,59,61,63,65-80H2,1-4H3,(H,93,94)(H,95,96). The van der Waals surface area contributed by atoms with E-state index in [0.717, 1.165) is 148 Å². The average Bonchev–Trinajstić information content (AvgIpc) is 0.902. The molecule has 0 aliphatic heterocycles. The van der Waals surface area contributed by atoms with Gasteiger partial charge in [-0.1, -0.05) is 289 Å². The monoisotopic (exact) mass is 1530 g/mol. The maximum atomic E-state index is 13.1. The highest BCUT2D eigenvalue weighted by atomic mass is 31.2. The number of hydrogen-bond acceptors (Lipinski definition) is 15. The van der Waals surface area contributed by atoms with Gasteiger partial charge in [0.1, 0.15) is 19.3 Å². The van der Waals surface area contributed by atoms with E-state index in [1.807, 2.05) is 30.4 Å². The number of aliphatic hydroxyl groups is 1. The summed E-state index contributed by atoms with van der Waals surface area (Å²) in [6, 6.07) is 0. The number of unbranched alkanes of at least 4 members (excludes halogenated alkanes) is 26. The van der Waals surface area contributed by atoms with E-state index in [9.17, 15) is 43.2 Å². The molecule has 17 nitrogen and oxygen atoms in total. The third-order valence-electron chi connectivity index (χ3n) is 16.8. The molecule has 0 saturated carbocycles. The summed E-state index contributed by atoms with van der Waals surface area (Å²) in [4.78, 5) is 73.0. The van der Waals surface area contributed by atoms with Gasteiger partial charge in [0.25, 0.3) is 0 Å². The van der Waals surface area contributed by atoms with E-state index in [4.69, 9.17) is 37.0 Å². The van der Waals surface area contributed by atoms with Crippen LogP contribution in [0.2, 0.25) is 0 Å². The number of carbonyl (C=O) groups excluding carboxylic acids is 4. The quantitative estimate of drug-likeness (QED) is 0.0169. The Hall–Kier alpha value is -5.06. The first-order valence-electron chi connectivity index (χ1n) is 41.1. The second-order valence-electron chi connectivity index (χ2n) is 27.0. The molecule has 0 aromatic heterocycles. The Morgan fingerprint density at radius 1 is 0.274 bits per heavy atom. The van der Waals surface area contributed by atoms with E-state index in [1.165, 1.54) is 83.5 Å². The van der Waals surface area contributed by atoms with Crippen LogP contribution in [0.5, 0.6) is 0 Å². The molecule has 5 atom stereocenters.